The summed E-state index contributed by atoms with van der Waals surface area (Å²) in [5.74, 6) is 0. The van der Waals surface area contributed by atoms with Crippen molar-refractivity contribution in [3.8, 4) is 0 Å². The number of hydrogen-bond acceptors (Lipinski definition) is 2. The summed E-state index contributed by atoms with van der Waals surface area (Å²) in [5.41, 5.74) is 1.79. The third-order valence-corrected chi connectivity index (χ3v) is 1.37. The van der Waals surface area contributed by atoms with Crippen LogP contribution in [-0.2, 0) is 0 Å². The van der Waals surface area contributed by atoms with Gasteiger partial charge in [0, 0.05) is 24.0 Å². The van der Waals surface area contributed by atoms with E-state index in [-0.39, 0.29) is 4.70 Å². The van der Waals surface area contributed by atoms with E-state index in [2.05, 4.69) is 9.97 Å². The fourth-order valence-electron chi connectivity index (χ4n) is 0.453. The molecule has 2 aromatic rings. The maximum atomic E-state index is 3.74. The average Bonchev–Trinajstić information content (AvgIpc) is 2.67. The highest BCUT2D eigenvalue weighted by Gasteiger charge is 1.59. The van der Waals surface area contributed by atoms with Crippen LogP contribution < -0.4 is 0 Å². The lowest BCUT2D eigenvalue weighted by Gasteiger charge is -1.49. The first-order chi connectivity index (χ1) is 5.00. The van der Waals surface area contributed by atoms with Crippen molar-refractivity contribution in [1.82, 2.24) is 9.97 Å². The zero-order valence-electron chi connectivity index (χ0n) is 5.81. The minimum Gasteiger partial charge on any atom is -0.368 e. The summed E-state index contributed by atoms with van der Waals surface area (Å²) in [4.78, 5) is 6.60. The van der Waals surface area contributed by atoms with Crippen LogP contribution in [0.25, 0.3) is 0 Å². The molecule has 60 valence electrons. The van der Waals surface area contributed by atoms with Crippen molar-refractivity contribution < 1.29 is 4.70 Å². The van der Waals surface area contributed by atoms with Crippen LogP contribution in [0.2, 0.25) is 0 Å². The van der Waals surface area contributed by atoms with Gasteiger partial charge in [-0.1, -0.05) is 0 Å². The molecule has 2 rings (SSSR count). The summed E-state index contributed by atoms with van der Waals surface area (Å²) in [7, 11) is 0. The standard InChI is InChI=1S/C4H5N.C3H3NS.FH/c1-2-4-5-3-1;1-2-5-3-4-1;/h1-5H;1-3H;1H. The number of hydrogen-bond donors (Lipinski definition) is 1. The molecule has 0 spiro atoms. The van der Waals surface area contributed by atoms with E-state index in [1.807, 2.05) is 29.9 Å². The number of thiazole rings is 1. The Labute approximate surface area is 68.3 Å². The molecule has 2 nitrogen and oxygen atoms in total. The summed E-state index contributed by atoms with van der Waals surface area (Å²) in [6, 6.07) is 3.89. The predicted molar refractivity (Wildman–Crippen MR) is 45.4 cm³/mol. The summed E-state index contributed by atoms with van der Waals surface area (Å²) >= 11 is 1.60. The van der Waals surface area contributed by atoms with Crippen LogP contribution in [0.4, 0.5) is 4.70 Å². The van der Waals surface area contributed by atoms with Gasteiger partial charge in [0.1, 0.15) is 0 Å². The lowest BCUT2D eigenvalue weighted by Crippen LogP contribution is -1.38. The fourth-order valence-corrected chi connectivity index (χ4v) is 0.805. The lowest BCUT2D eigenvalue weighted by molar-refractivity contribution is 1.11. The molecule has 0 aliphatic carbocycles. The van der Waals surface area contributed by atoms with Crippen molar-refractivity contribution in [2.75, 3.05) is 0 Å². The Hall–Kier alpha value is -1.16. The van der Waals surface area contributed by atoms with Crippen molar-refractivity contribution in [3.63, 3.8) is 0 Å². The monoisotopic (exact) mass is 172 g/mol. The maximum Gasteiger partial charge on any atom is 0.0791 e. The van der Waals surface area contributed by atoms with Gasteiger partial charge in [-0.3, -0.25) is 9.69 Å². The molecule has 0 saturated heterocycles. The molecule has 1 N–H and O–H groups in total. The second kappa shape index (κ2) is 6.95. The number of nitrogens with zero attached hydrogens (tertiary/aromatic N) is 1. The Kier molecular flexibility index (Phi) is 6.22. The molecule has 0 bridgehead atoms. The Morgan fingerprint density at radius 2 is 1.91 bits per heavy atom. The molecule has 2 aromatic heterocycles. The number of H-pyrrole nitrogens is 1. The topological polar surface area (TPSA) is 28.7 Å². The van der Waals surface area contributed by atoms with E-state index in [4.69, 9.17) is 0 Å². The van der Waals surface area contributed by atoms with Gasteiger partial charge >= 0.3 is 0 Å². The molecule has 0 fully saturated rings. The highest BCUT2D eigenvalue weighted by molar-refractivity contribution is 7.07. The normalized spacial score (nSPS) is 7.27. The van der Waals surface area contributed by atoms with Gasteiger partial charge in [0.25, 0.3) is 0 Å². The van der Waals surface area contributed by atoms with Gasteiger partial charge in [-0.25, -0.2) is 0 Å². The first-order valence-electron chi connectivity index (χ1n) is 2.90. The van der Waals surface area contributed by atoms with E-state index in [0.717, 1.165) is 0 Å². The van der Waals surface area contributed by atoms with E-state index in [1.165, 1.54) is 0 Å². The van der Waals surface area contributed by atoms with E-state index in [9.17, 15) is 0 Å². The quantitative estimate of drug-likeness (QED) is 0.649. The number of aromatic amines is 1. The molecular formula is C7H9FN2S. The zero-order valence-corrected chi connectivity index (χ0v) is 6.62. The third-order valence-electron chi connectivity index (χ3n) is 0.843. The largest absolute Gasteiger partial charge is 0.368 e. The number of rotatable bonds is 0. The molecule has 0 aliphatic heterocycles. The molecule has 0 saturated carbocycles. The number of aromatic nitrogens is 2. The van der Waals surface area contributed by atoms with Crippen LogP contribution in [0.5, 0.6) is 0 Å². The lowest BCUT2D eigenvalue weighted by atomic mass is 10.7. The Balaban J connectivity index is 0.000000167. The summed E-state index contributed by atoms with van der Waals surface area (Å²) in [5, 5.41) is 1.93. The van der Waals surface area contributed by atoms with E-state index in [1.54, 1.807) is 23.0 Å². The van der Waals surface area contributed by atoms with Crippen molar-refractivity contribution in [1.29, 1.82) is 0 Å². The smallest absolute Gasteiger partial charge is 0.0791 e. The van der Waals surface area contributed by atoms with E-state index < -0.39 is 0 Å². The Bertz CT molecular complexity index is 156. The second-order valence-corrected chi connectivity index (χ2v) is 2.32. The summed E-state index contributed by atoms with van der Waals surface area (Å²) in [6.07, 6.45) is 5.52. The summed E-state index contributed by atoms with van der Waals surface area (Å²) < 4.78 is 0. The van der Waals surface area contributed by atoms with E-state index in [0.29, 0.717) is 0 Å². The predicted octanol–water partition coefficient (Wildman–Crippen LogP) is 2.31. The molecule has 2 heterocycles. The number of nitrogens with one attached hydrogen (secondary N) is 1. The Morgan fingerprint density at radius 1 is 1.18 bits per heavy atom. The van der Waals surface area contributed by atoms with Crippen LogP contribution in [0.15, 0.2) is 41.6 Å². The van der Waals surface area contributed by atoms with Gasteiger partial charge in [0.15, 0.2) is 0 Å². The number of halogens is 1. The molecule has 4 heteroatoms. The molecular weight excluding hydrogens is 163 g/mol. The molecule has 0 amide bonds. The fraction of sp³-hybridized carbons (Fsp3) is 0. The molecule has 0 radical (unpaired) electrons. The third kappa shape index (κ3) is 5.29. The maximum absolute atomic E-state index is 3.74. The van der Waals surface area contributed by atoms with Crippen molar-refractivity contribution in [2.45, 2.75) is 0 Å². The van der Waals surface area contributed by atoms with Crippen LogP contribution in [0.1, 0.15) is 0 Å². The van der Waals surface area contributed by atoms with Crippen LogP contribution in [0, 0.1) is 0 Å². The van der Waals surface area contributed by atoms with Gasteiger partial charge < -0.3 is 4.98 Å². The van der Waals surface area contributed by atoms with Gasteiger partial charge in [-0.05, 0) is 12.1 Å². The average molecular weight is 172 g/mol. The van der Waals surface area contributed by atoms with E-state index >= 15 is 0 Å². The minimum atomic E-state index is 0. The van der Waals surface area contributed by atoms with Gasteiger partial charge in [-0.2, -0.15) is 0 Å². The minimum absolute atomic E-state index is 0. The summed E-state index contributed by atoms with van der Waals surface area (Å²) in [6.45, 7) is 0. The zero-order chi connectivity index (χ0) is 7.07. The SMILES string of the molecule is F.c1cc[nH]c1.c1cscn1. The molecule has 11 heavy (non-hydrogen) atoms. The Morgan fingerprint density at radius 3 is 2.09 bits per heavy atom. The van der Waals surface area contributed by atoms with Crippen molar-refractivity contribution >= 4 is 11.3 Å². The van der Waals surface area contributed by atoms with Crippen molar-refractivity contribution in [2.24, 2.45) is 0 Å². The van der Waals surface area contributed by atoms with Crippen LogP contribution >= 0.6 is 11.3 Å². The second-order valence-electron chi connectivity index (χ2n) is 1.56. The highest BCUT2D eigenvalue weighted by Crippen LogP contribution is 1.85. The van der Waals surface area contributed by atoms with Gasteiger partial charge in [0.2, 0.25) is 0 Å². The van der Waals surface area contributed by atoms with Crippen molar-refractivity contribution in [3.05, 3.63) is 41.6 Å². The highest BCUT2D eigenvalue weighted by atomic mass is 32.1. The molecule has 0 atom stereocenters. The first-order valence-corrected chi connectivity index (χ1v) is 3.84. The molecule has 0 aliphatic rings. The first kappa shape index (κ1) is 9.84. The van der Waals surface area contributed by atoms with Gasteiger partial charge in [0.05, 0.1) is 5.51 Å². The molecule has 0 aromatic carbocycles. The molecule has 0 unspecified atom stereocenters. The van der Waals surface area contributed by atoms with Crippen LogP contribution in [-0.4, -0.2) is 9.97 Å². The van der Waals surface area contributed by atoms with Crippen LogP contribution in [0.3, 0.4) is 0 Å². The van der Waals surface area contributed by atoms with Gasteiger partial charge in [-0.15, -0.1) is 11.3 Å².